The fourth-order valence-electron chi connectivity index (χ4n) is 3.64. The first-order valence-corrected chi connectivity index (χ1v) is 11.1. The van der Waals surface area contributed by atoms with Crippen molar-refractivity contribution in [2.45, 2.75) is 38.1 Å². The van der Waals surface area contributed by atoms with Gasteiger partial charge in [0, 0.05) is 6.04 Å². The fraction of sp³-hybridized carbons (Fsp3) is 0.273. The van der Waals surface area contributed by atoms with Gasteiger partial charge >= 0.3 is 0 Å². The van der Waals surface area contributed by atoms with Gasteiger partial charge in [-0.1, -0.05) is 66.7 Å². The van der Waals surface area contributed by atoms with E-state index >= 15 is 0 Å². The summed E-state index contributed by atoms with van der Waals surface area (Å²) in [4.78, 5) is 20.0. The van der Waals surface area contributed by atoms with Crippen molar-refractivity contribution < 1.29 is 9.18 Å². The zero-order valence-electron chi connectivity index (χ0n) is 15.6. The summed E-state index contributed by atoms with van der Waals surface area (Å²) in [5, 5.41) is 1.34. The van der Waals surface area contributed by atoms with Crippen molar-refractivity contribution in [1.29, 1.82) is 0 Å². The minimum Gasteiger partial charge on any atom is -0.283 e. The van der Waals surface area contributed by atoms with Crippen LogP contribution >= 0.6 is 35.0 Å². The monoisotopic (exact) mass is 448 g/mol. The molecule has 1 heterocycles. The molecule has 29 heavy (non-hydrogen) atoms. The number of rotatable bonds is 3. The predicted octanol–water partition coefficient (Wildman–Crippen LogP) is 7.07. The lowest BCUT2D eigenvalue weighted by atomic mass is 9.94. The number of amides is 1. The van der Waals surface area contributed by atoms with Crippen molar-refractivity contribution in [1.82, 2.24) is 4.90 Å². The van der Waals surface area contributed by atoms with Crippen molar-refractivity contribution in [2.24, 2.45) is 4.99 Å². The van der Waals surface area contributed by atoms with Gasteiger partial charge in [-0.15, -0.1) is 0 Å². The van der Waals surface area contributed by atoms with Crippen LogP contribution in [-0.2, 0) is 4.79 Å². The largest absolute Gasteiger partial charge is 0.283 e. The average molecular weight is 449 g/mol. The maximum absolute atomic E-state index is 14.2. The molecule has 150 valence electrons. The molecule has 2 aliphatic rings. The molecule has 2 fully saturated rings. The van der Waals surface area contributed by atoms with Crippen molar-refractivity contribution in [3.63, 3.8) is 0 Å². The van der Waals surface area contributed by atoms with E-state index in [9.17, 15) is 9.18 Å². The third kappa shape index (κ3) is 4.37. The van der Waals surface area contributed by atoms with Crippen LogP contribution in [0.3, 0.4) is 0 Å². The Morgan fingerprint density at radius 1 is 1.07 bits per heavy atom. The third-order valence-electron chi connectivity index (χ3n) is 5.11. The van der Waals surface area contributed by atoms with Crippen molar-refractivity contribution in [3.05, 3.63) is 68.8 Å². The summed E-state index contributed by atoms with van der Waals surface area (Å²) < 4.78 is 14.2. The van der Waals surface area contributed by atoms with Crippen LogP contribution in [-0.4, -0.2) is 22.0 Å². The maximum atomic E-state index is 14.2. The minimum absolute atomic E-state index is 0.0787. The summed E-state index contributed by atoms with van der Waals surface area (Å²) in [6, 6.07) is 11.7. The van der Waals surface area contributed by atoms with Crippen LogP contribution in [0.2, 0.25) is 10.0 Å². The van der Waals surface area contributed by atoms with Gasteiger partial charge in [0.25, 0.3) is 5.91 Å². The van der Waals surface area contributed by atoms with E-state index in [0.717, 1.165) is 25.7 Å². The van der Waals surface area contributed by atoms with E-state index in [0.29, 0.717) is 25.7 Å². The highest BCUT2D eigenvalue weighted by Crippen LogP contribution is 2.39. The number of hydrogen-bond acceptors (Lipinski definition) is 3. The molecule has 1 saturated carbocycles. The minimum atomic E-state index is -0.410. The van der Waals surface area contributed by atoms with E-state index in [-0.39, 0.29) is 17.6 Å². The lowest BCUT2D eigenvalue weighted by Crippen LogP contribution is -2.40. The zero-order chi connectivity index (χ0) is 20.4. The second-order valence-corrected chi connectivity index (χ2v) is 8.86. The first kappa shape index (κ1) is 20.5. The third-order valence-corrected chi connectivity index (χ3v) is 6.93. The van der Waals surface area contributed by atoms with E-state index in [4.69, 9.17) is 23.2 Å². The molecular formula is C22H19Cl2FN2OS. The van der Waals surface area contributed by atoms with Crippen LogP contribution in [0.5, 0.6) is 0 Å². The molecule has 0 atom stereocenters. The molecule has 2 aromatic carbocycles. The summed E-state index contributed by atoms with van der Waals surface area (Å²) in [7, 11) is 0. The van der Waals surface area contributed by atoms with Gasteiger partial charge in [0.05, 0.1) is 15.0 Å². The molecule has 1 saturated heterocycles. The number of hydrogen-bond donors (Lipinski definition) is 0. The lowest BCUT2D eigenvalue weighted by Gasteiger charge is -2.30. The molecule has 4 rings (SSSR count). The Balaban J connectivity index is 1.74. The van der Waals surface area contributed by atoms with Crippen molar-refractivity contribution in [2.75, 3.05) is 0 Å². The van der Waals surface area contributed by atoms with E-state index in [2.05, 4.69) is 4.99 Å². The lowest BCUT2D eigenvalue weighted by molar-refractivity contribution is -0.124. The molecule has 0 N–H and O–H groups in total. The fourth-order valence-corrected chi connectivity index (χ4v) is 5.05. The van der Waals surface area contributed by atoms with Gasteiger partial charge < -0.3 is 0 Å². The predicted molar refractivity (Wildman–Crippen MR) is 119 cm³/mol. The van der Waals surface area contributed by atoms with E-state index in [1.54, 1.807) is 41.3 Å². The standard InChI is InChI=1S/C22H19Cl2FN2OS/c23-16-10-6-7-14(20(16)24)13-19-21(28)27(15-8-2-1-3-9-15)22(29-19)26-18-12-5-4-11-17(18)25/h4-7,10-13,15H,1-3,8-9H2/b19-13-,26-22?. The Hall–Kier alpha value is -1.82. The number of halogens is 3. The van der Waals surface area contributed by atoms with Crippen molar-refractivity contribution >= 4 is 57.8 Å². The molecular weight excluding hydrogens is 430 g/mol. The van der Waals surface area contributed by atoms with Gasteiger partial charge in [-0.25, -0.2) is 9.38 Å². The number of carbonyl (C=O) groups excluding carboxylic acids is 1. The van der Waals surface area contributed by atoms with Gasteiger partial charge in [0.2, 0.25) is 0 Å². The van der Waals surface area contributed by atoms with Crippen molar-refractivity contribution in [3.8, 4) is 0 Å². The second-order valence-electron chi connectivity index (χ2n) is 7.07. The number of amidine groups is 1. The van der Waals surface area contributed by atoms with E-state index in [1.807, 2.05) is 6.07 Å². The number of benzene rings is 2. The molecule has 1 aliphatic heterocycles. The van der Waals surface area contributed by atoms with Gasteiger partial charge in [-0.3, -0.25) is 9.69 Å². The maximum Gasteiger partial charge on any atom is 0.267 e. The molecule has 3 nitrogen and oxygen atoms in total. The summed E-state index contributed by atoms with van der Waals surface area (Å²) in [5.41, 5.74) is 0.899. The highest BCUT2D eigenvalue weighted by molar-refractivity contribution is 8.18. The molecule has 0 spiro atoms. The van der Waals surface area contributed by atoms with Crippen LogP contribution in [0.1, 0.15) is 37.7 Å². The Morgan fingerprint density at radius 2 is 1.83 bits per heavy atom. The highest BCUT2D eigenvalue weighted by atomic mass is 35.5. The summed E-state index contributed by atoms with van der Waals surface area (Å²) in [6.07, 6.45) is 6.91. The summed E-state index contributed by atoms with van der Waals surface area (Å²) in [5.74, 6) is -0.528. The van der Waals surface area contributed by atoms with Crippen LogP contribution in [0.25, 0.3) is 6.08 Å². The molecule has 0 radical (unpaired) electrons. The average Bonchev–Trinajstić information content (AvgIpc) is 3.03. The summed E-state index contributed by atoms with van der Waals surface area (Å²) >= 11 is 13.7. The Bertz CT molecular complexity index is 1000. The normalized spacial score (nSPS) is 20.8. The topological polar surface area (TPSA) is 32.7 Å². The Labute approximate surface area is 183 Å². The van der Waals surface area contributed by atoms with Gasteiger partial charge in [-0.05, 0) is 54.4 Å². The number of carbonyl (C=O) groups is 1. The molecule has 2 aromatic rings. The number of aliphatic imine (C=N–C) groups is 1. The number of nitrogens with zero attached hydrogens (tertiary/aromatic N) is 2. The second kappa shape index (κ2) is 8.90. The molecule has 0 unspecified atom stereocenters. The molecule has 7 heteroatoms. The first-order chi connectivity index (χ1) is 14.0. The number of thioether (sulfide) groups is 1. The van der Waals surface area contributed by atoms with Crippen LogP contribution in [0.4, 0.5) is 10.1 Å². The van der Waals surface area contributed by atoms with E-state index < -0.39 is 5.82 Å². The zero-order valence-corrected chi connectivity index (χ0v) is 17.9. The van der Waals surface area contributed by atoms with Gasteiger partial charge in [-0.2, -0.15) is 0 Å². The molecule has 1 aliphatic carbocycles. The van der Waals surface area contributed by atoms with Crippen LogP contribution < -0.4 is 0 Å². The molecule has 0 bridgehead atoms. The SMILES string of the molecule is O=C1/C(=C/c2cccc(Cl)c2Cl)SC(=Nc2ccccc2F)N1C1CCCCC1. The summed E-state index contributed by atoms with van der Waals surface area (Å²) in [6.45, 7) is 0. The molecule has 1 amide bonds. The smallest absolute Gasteiger partial charge is 0.267 e. The Kier molecular flexibility index (Phi) is 6.28. The van der Waals surface area contributed by atoms with Gasteiger partial charge in [0.15, 0.2) is 5.17 Å². The van der Waals surface area contributed by atoms with Crippen LogP contribution in [0, 0.1) is 5.82 Å². The quantitative estimate of drug-likeness (QED) is 0.470. The highest BCUT2D eigenvalue weighted by Gasteiger charge is 2.38. The first-order valence-electron chi connectivity index (χ1n) is 9.55. The van der Waals surface area contributed by atoms with E-state index in [1.165, 1.54) is 24.2 Å². The molecule has 0 aromatic heterocycles. The number of para-hydroxylation sites is 1. The Morgan fingerprint density at radius 3 is 2.59 bits per heavy atom. The van der Waals surface area contributed by atoms with Gasteiger partial charge in [0.1, 0.15) is 11.5 Å². The van der Waals surface area contributed by atoms with Crippen LogP contribution in [0.15, 0.2) is 52.4 Å².